The van der Waals surface area contributed by atoms with Crippen molar-refractivity contribution < 1.29 is 4.74 Å². The van der Waals surface area contributed by atoms with E-state index in [4.69, 9.17) is 9.73 Å². The van der Waals surface area contributed by atoms with Crippen LogP contribution in [0.2, 0.25) is 0 Å². The lowest BCUT2D eigenvalue weighted by Gasteiger charge is -2.15. The maximum Gasteiger partial charge on any atom is 0.194 e. The average Bonchev–Trinajstić information content (AvgIpc) is 3.00. The molecule has 1 atom stereocenters. The summed E-state index contributed by atoms with van der Waals surface area (Å²) in [6.07, 6.45) is 2.33. The van der Waals surface area contributed by atoms with Gasteiger partial charge in [-0.2, -0.15) is 0 Å². The van der Waals surface area contributed by atoms with Crippen molar-refractivity contribution in [3.63, 3.8) is 0 Å². The van der Waals surface area contributed by atoms with Crippen molar-refractivity contribution in [3.8, 4) is 0 Å². The summed E-state index contributed by atoms with van der Waals surface area (Å²) in [5, 5.41) is 0. The van der Waals surface area contributed by atoms with E-state index in [0.717, 1.165) is 29.8 Å². The molecule has 0 bridgehead atoms. The van der Waals surface area contributed by atoms with Crippen molar-refractivity contribution in [2.45, 2.75) is 38.1 Å². The summed E-state index contributed by atoms with van der Waals surface area (Å²) in [4.78, 5) is 4.80. The van der Waals surface area contributed by atoms with Crippen LogP contribution in [-0.2, 0) is 10.2 Å². The molecule has 2 aliphatic rings. The topological polar surface area (TPSA) is 21.6 Å². The highest BCUT2D eigenvalue weighted by atomic mass is 79.9. The Morgan fingerprint density at radius 2 is 1.94 bits per heavy atom. The van der Waals surface area contributed by atoms with E-state index in [1.807, 2.05) is 0 Å². The number of ether oxygens (including phenoxy) is 1. The molecule has 1 aromatic carbocycles. The summed E-state index contributed by atoms with van der Waals surface area (Å²) in [6.45, 7) is 5.17. The van der Waals surface area contributed by atoms with E-state index in [-0.39, 0.29) is 5.41 Å². The van der Waals surface area contributed by atoms with Gasteiger partial charge in [-0.25, -0.2) is 4.99 Å². The van der Waals surface area contributed by atoms with Gasteiger partial charge in [0.15, 0.2) is 5.90 Å². The van der Waals surface area contributed by atoms with Crippen LogP contribution in [0, 0.1) is 5.92 Å². The van der Waals surface area contributed by atoms with E-state index < -0.39 is 0 Å². The molecule has 0 radical (unpaired) electrons. The van der Waals surface area contributed by atoms with Gasteiger partial charge in [-0.3, -0.25) is 0 Å². The zero-order valence-electron chi connectivity index (χ0n) is 10.8. The quantitative estimate of drug-likeness (QED) is 0.829. The van der Waals surface area contributed by atoms with Crippen LogP contribution in [-0.4, -0.2) is 18.5 Å². The monoisotopic (exact) mass is 307 g/mol. The Hall–Kier alpha value is -0.830. The van der Waals surface area contributed by atoms with Gasteiger partial charge in [0.25, 0.3) is 0 Å². The lowest BCUT2D eigenvalue weighted by atomic mass is 9.96. The van der Waals surface area contributed by atoms with Crippen molar-refractivity contribution in [1.29, 1.82) is 0 Å². The zero-order chi connectivity index (χ0) is 12.8. The number of benzene rings is 1. The highest BCUT2D eigenvalue weighted by molar-refractivity contribution is 9.10. The predicted molar refractivity (Wildman–Crippen MR) is 77.1 cm³/mol. The maximum absolute atomic E-state index is 5.88. The van der Waals surface area contributed by atoms with Crippen LogP contribution in [0.1, 0.15) is 32.3 Å². The van der Waals surface area contributed by atoms with Crippen molar-refractivity contribution in [2.75, 3.05) is 6.61 Å². The van der Waals surface area contributed by atoms with Crippen LogP contribution >= 0.6 is 15.9 Å². The SMILES string of the molecule is CC(C)C1COC(C2(c3ccc(Br)cc3)CC2)=N1. The van der Waals surface area contributed by atoms with Gasteiger partial charge in [-0.1, -0.05) is 41.9 Å². The number of rotatable bonds is 3. The smallest absolute Gasteiger partial charge is 0.194 e. The number of nitrogens with zero attached hydrogens (tertiary/aromatic N) is 1. The molecule has 1 fully saturated rings. The summed E-state index contributed by atoms with van der Waals surface area (Å²) in [6, 6.07) is 8.92. The van der Waals surface area contributed by atoms with E-state index in [1.54, 1.807) is 0 Å². The third-order valence-electron chi connectivity index (χ3n) is 4.00. The summed E-state index contributed by atoms with van der Waals surface area (Å²) >= 11 is 3.48. The van der Waals surface area contributed by atoms with Gasteiger partial charge in [0.05, 0.1) is 11.5 Å². The van der Waals surface area contributed by atoms with Crippen LogP contribution < -0.4 is 0 Å². The molecule has 1 aliphatic carbocycles. The highest BCUT2D eigenvalue weighted by Gasteiger charge is 2.52. The molecule has 1 aliphatic heterocycles. The second-order valence-corrected chi connectivity index (χ2v) is 6.56. The van der Waals surface area contributed by atoms with Crippen LogP contribution in [0.4, 0.5) is 0 Å². The molecule has 0 aromatic heterocycles. The second-order valence-electron chi connectivity index (χ2n) is 5.65. The predicted octanol–water partition coefficient (Wildman–Crippen LogP) is 3.93. The van der Waals surface area contributed by atoms with Crippen LogP contribution in [0.15, 0.2) is 33.7 Å². The molecular formula is C15H18BrNO. The Morgan fingerprint density at radius 1 is 1.28 bits per heavy atom. The fourth-order valence-corrected chi connectivity index (χ4v) is 2.78. The molecule has 1 saturated carbocycles. The van der Waals surface area contributed by atoms with E-state index in [2.05, 4.69) is 54.0 Å². The third kappa shape index (κ3) is 1.99. The van der Waals surface area contributed by atoms with Gasteiger partial charge in [0.1, 0.15) is 6.61 Å². The molecule has 96 valence electrons. The van der Waals surface area contributed by atoms with Crippen molar-refractivity contribution in [2.24, 2.45) is 10.9 Å². The molecular weight excluding hydrogens is 290 g/mol. The number of aliphatic imine (C=N–C) groups is 1. The average molecular weight is 308 g/mol. The lowest BCUT2D eigenvalue weighted by Crippen LogP contribution is -2.20. The fourth-order valence-electron chi connectivity index (χ4n) is 2.51. The summed E-state index contributed by atoms with van der Waals surface area (Å²) < 4.78 is 7.00. The van der Waals surface area contributed by atoms with Crippen molar-refractivity contribution in [1.82, 2.24) is 0 Å². The molecule has 1 unspecified atom stereocenters. The minimum Gasteiger partial charge on any atom is -0.478 e. The molecule has 0 saturated heterocycles. The van der Waals surface area contributed by atoms with Gasteiger partial charge in [0.2, 0.25) is 0 Å². The number of hydrogen-bond acceptors (Lipinski definition) is 2. The molecule has 3 rings (SSSR count). The first-order valence-corrected chi connectivity index (χ1v) is 7.38. The zero-order valence-corrected chi connectivity index (χ0v) is 12.4. The maximum atomic E-state index is 5.88. The van der Waals surface area contributed by atoms with E-state index in [0.29, 0.717) is 12.0 Å². The van der Waals surface area contributed by atoms with Gasteiger partial charge < -0.3 is 4.74 Å². The van der Waals surface area contributed by atoms with Crippen LogP contribution in [0.5, 0.6) is 0 Å². The summed E-state index contributed by atoms with van der Waals surface area (Å²) in [7, 11) is 0. The Balaban J connectivity index is 1.88. The summed E-state index contributed by atoms with van der Waals surface area (Å²) in [5.41, 5.74) is 1.43. The van der Waals surface area contributed by atoms with Crippen LogP contribution in [0.3, 0.4) is 0 Å². The fraction of sp³-hybridized carbons (Fsp3) is 0.533. The van der Waals surface area contributed by atoms with Crippen molar-refractivity contribution >= 4 is 21.8 Å². The number of halogens is 1. The Labute approximate surface area is 117 Å². The first kappa shape index (κ1) is 12.2. The minimum atomic E-state index is 0.0876. The largest absolute Gasteiger partial charge is 0.478 e. The van der Waals surface area contributed by atoms with Gasteiger partial charge >= 0.3 is 0 Å². The van der Waals surface area contributed by atoms with Gasteiger partial charge in [0, 0.05) is 4.47 Å². The molecule has 1 aromatic rings. The molecule has 1 heterocycles. The Morgan fingerprint density at radius 3 is 2.44 bits per heavy atom. The Bertz CT molecular complexity index is 474. The highest BCUT2D eigenvalue weighted by Crippen LogP contribution is 2.51. The van der Waals surface area contributed by atoms with Gasteiger partial charge in [-0.15, -0.1) is 0 Å². The molecule has 0 amide bonds. The molecule has 2 nitrogen and oxygen atoms in total. The molecule has 0 N–H and O–H groups in total. The summed E-state index contributed by atoms with van der Waals surface area (Å²) in [5.74, 6) is 1.53. The lowest BCUT2D eigenvalue weighted by molar-refractivity contribution is 0.281. The standard InChI is InChI=1S/C15H18BrNO/c1-10(2)13-9-18-14(17-13)15(7-8-15)11-3-5-12(16)6-4-11/h3-6,10,13H,7-9H2,1-2H3. The normalized spacial score (nSPS) is 24.9. The van der Waals surface area contributed by atoms with E-state index in [9.17, 15) is 0 Å². The number of hydrogen-bond donors (Lipinski definition) is 0. The van der Waals surface area contributed by atoms with Crippen molar-refractivity contribution in [3.05, 3.63) is 34.3 Å². The van der Waals surface area contributed by atoms with E-state index in [1.165, 1.54) is 5.56 Å². The molecule has 18 heavy (non-hydrogen) atoms. The third-order valence-corrected chi connectivity index (χ3v) is 4.53. The first-order chi connectivity index (χ1) is 8.62. The Kier molecular flexibility index (Phi) is 2.97. The van der Waals surface area contributed by atoms with Gasteiger partial charge in [-0.05, 0) is 36.5 Å². The molecule has 3 heteroatoms. The molecule has 0 spiro atoms. The second kappa shape index (κ2) is 4.37. The first-order valence-electron chi connectivity index (χ1n) is 6.59. The van der Waals surface area contributed by atoms with Crippen LogP contribution in [0.25, 0.3) is 0 Å². The van der Waals surface area contributed by atoms with E-state index >= 15 is 0 Å². The minimum absolute atomic E-state index is 0.0876.